The molecule has 13 heavy (non-hydrogen) atoms. The van der Waals surface area contributed by atoms with E-state index >= 15 is 0 Å². The summed E-state index contributed by atoms with van der Waals surface area (Å²) in [6.07, 6.45) is -1.39. The van der Waals surface area contributed by atoms with Crippen molar-refractivity contribution in [1.29, 1.82) is 0 Å². The highest BCUT2D eigenvalue weighted by Gasteiger charge is 2.14. The third-order valence-corrected chi connectivity index (χ3v) is 2.05. The Morgan fingerprint density at radius 2 is 2.15 bits per heavy atom. The molecule has 0 heterocycles. The average molecular weight is 201 g/mol. The van der Waals surface area contributed by atoms with Gasteiger partial charge in [0.1, 0.15) is 12.0 Å². The van der Waals surface area contributed by atoms with Crippen LogP contribution in [0, 0.1) is 0 Å². The van der Waals surface area contributed by atoms with Gasteiger partial charge in [0, 0.05) is 17.0 Å². The number of benzene rings is 1. The second-order valence-electron chi connectivity index (χ2n) is 2.90. The Hall–Kier alpha value is -0.890. The van der Waals surface area contributed by atoms with Crippen molar-refractivity contribution in [1.82, 2.24) is 0 Å². The number of rotatable bonds is 3. The molecule has 0 aliphatic heterocycles. The van der Waals surface area contributed by atoms with Gasteiger partial charge < -0.3 is 0 Å². The van der Waals surface area contributed by atoms with Crippen molar-refractivity contribution in [3.63, 3.8) is 0 Å². The average Bonchev–Trinajstić information content (AvgIpc) is 2.03. The minimum atomic E-state index is -1.29. The van der Waals surface area contributed by atoms with Crippen LogP contribution in [0.25, 0.3) is 0 Å². The van der Waals surface area contributed by atoms with Crippen LogP contribution in [0.15, 0.2) is 24.3 Å². The summed E-state index contributed by atoms with van der Waals surface area (Å²) >= 11 is 5.75. The highest BCUT2D eigenvalue weighted by atomic mass is 35.5. The van der Waals surface area contributed by atoms with Crippen LogP contribution < -0.4 is 0 Å². The molecule has 0 spiro atoms. The molecule has 0 fully saturated rings. The molecule has 70 valence electrons. The summed E-state index contributed by atoms with van der Waals surface area (Å²) in [5.41, 5.74) is 0.388. The Balaban J connectivity index is 2.82. The Kier molecular flexibility index (Phi) is 3.43. The molecule has 0 bridgehead atoms. The monoisotopic (exact) mass is 200 g/mol. The van der Waals surface area contributed by atoms with Crippen molar-refractivity contribution in [2.45, 2.75) is 19.5 Å². The number of hydrogen-bond donors (Lipinski definition) is 0. The maximum Gasteiger partial charge on any atom is 0.133 e. The van der Waals surface area contributed by atoms with Crippen LogP contribution in [0.4, 0.5) is 4.39 Å². The fraction of sp³-hybridized carbons (Fsp3) is 0.300. The lowest BCUT2D eigenvalue weighted by atomic mass is 10.1. The highest BCUT2D eigenvalue weighted by molar-refractivity contribution is 6.31. The first-order valence-electron chi connectivity index (χ1n) is 3.99. The molecule has 0 radical (unpaired) electrons. The van der Waals surface area contributed by atoms with Gasteiger partial charge in [0.15, 0.2) is 0 Å². The minimum Gasteiger partial charge on any atom is -0.300 e. The Morgan fingerprint density at radius 3 is 2.69 bits per heavy atom. The van der Waals surface area contributed by atoms with Gasteiger partial charge in [0.05, 0.1) is 0 Å². The second-order valence-corrected chi connectivity index (χ2v) is 3.30. The van der Waals surface area contributed by atoms with Gasteiger partial charge in [0.2, 0.25) is 0 Å². The molecule has 0 saturated heterocycles. The lowest BCUT2D eigenvalue weighted by molar-refractivity contribution is -0.118. The van der Waals surface area contributed by atoms with Gasteiger partial charge in [0.25, 0.3) is 0 Å². The summed E-state index contributed by atoms with van der Waals surface area (Å²) in [5, 5.41) is 0.372. The quantitative estimate of drug-likeness (QED) is 0.732. The van der Waals surface area contributed by atoms with Crippen LogP contribution in [0.2, 0.25) is 5.02 Å². The summed E-state index contributed by atoms with van der Waals surface area (Å²) < 4.78 is 13.3. The van der Waals surface area contributed by atoms with E-state index in [2.05, 4.69) is 0 Å². The van der Waals surface area contributed by atoms with Crippen LogP contribution >= 0.6 is 11.6 Å². The summed E-state index contributed by atoms with van der Waals surface area (Å²) in [6.45, 7) is 1.36. The number of hydrogen-bond acceptors (Lipinski definition) is 1. The fourth-order valence-electron chi connectivity index (χ4n) is 1.09. The van der Waals surface area contributed by atoms with Crippen molar-refractivity contribution in [2.24, 2.45) is 0 Å². The summed E-state index contributed by atoms with van der Waals surface area (Å²) in [7, 11) is 0. The molecule has 3 heteroatoms. The van der Waals surface area contributed by atoms with Crippen molar-refractivity contribution in [3.8, 4) is 0 Å². The zero-order chi connectivity index (χ0) is 9.84. The standard InChI is InChI=1S/C10H10ClFO/c1-7(13)6-10(12)8-4-2-3-5-9(8)11/h2-5,10H,6H2,1H3. The summed E-state index contributed by atoms with van der Waals surface area (Å²) in [5.74, 6) is -0.174. The Morgan fingerprint density at radius 1 is 1.54 bits per heavy atom. The molecule has 0 amide bonds. The van der Waals surface area contributed by atoms with Gasteiger partial charge in [-0.25, -0.2) is 4.39 Å². The Bertz CT molecular complexity index is 312. The van der Waals surface area contributed by atoms with Gasteiger partial charge in [-0.1, -0.05) is 29.8 Å². The van der Waals surface area contributed by atoms with Gasteiger partial charge in [-0.15, -0.1) is 0 Å². The minimum absolute atomic E-state index is 0.107. The molecule has 0 N–H and O–H groups in total. The van der Waals surface area contributed by atoms with Gasteiger partial charge >= 0.3 is 0 Å². The van der Waals surface area contributed by atoms with Crippen molar-refractivity contribution in [3.05, 3.63) is 34.9 Å². The smallest absolute Gasteiger partial charge is 0.133 e. The van der Waals surface area contributed by atoms with Crippen LogP contribution in [0.1, 0.15) is 25.1 Å². The van der Waals surface area contributed by atoms with Crippen molar-refractivity contribution < 1.29 is 9.18 Å². The van der Waals surface area contributed by atoms with E-state index in [1.807, 2.05) is 0 Å². The van der Waals surface area contributed by atoms with E-state index in [4.69, 9.17) is 11.6 Å². The van der Waals surface area contributed by atoms with E-state index < -0.39 is 6.17 Å². The van der Waals surface area contributed by atoms with Gasteiger partial charge in [-0.05, 0) is 13.0 Å². The molecule has 1 rings (SSSR count). The maximum absolute atomic E-state index is 13.3. The van der Waals surface area contributed by atoms with Crippen molar-refractivity contribution in [2.75, 3.05) is 0 Å². The van der Waals surface area contributed by atoms with E-state index in [1.165, 1.54) is 6.92 Å². The predicted octanol–water partition coefficient (Wildman–Crippen LogP) is 3.33. The number of carbonyl (C=O) groups excluding carboxylic acids is 1. The topological polar surface area (TPSA) is 17.1 Å². The number of halogens is 2. The summed E-state index contributed by atoms with van der Waals surface area (Å²) in [4.78, 5) is 10.7. The molecule has 0 aliphatic carbocycles. The number of Topliss-reactive ketones (excluding diaryl/α,β-unsaturated/α-hetero) is 1. The Labute approximate surface area is 81.5 Å². The molecular weight excluding hydrogens is 191 g/mol. The zero-order valence-corrected chi connectivity index (χ0v) is 8.01. The third kappa shape index (κ3) is 2.81. The van der Waals surface area contributed by atoms with Crippen LogP contribution in [-0.4, -0.2) is 5.78 Å². The molecule has 1 unspecified atom stereocenters. The third-order valence-electron chi connectivity index (χ3n) is 1.71. The molecule has 1 atom stereocenters. The summed E-state index contributed by atoms with van der Waals surface area (Å²) in [6, 6.07) is 6.64. The largest absolute Gasteiger partial charge is 0.300 e. The van der Waals surface area contributed by atoms with E-state index in [0.717, 1.165) is 0 Å². The zero-order valence-electron chi connectivity index (χ0n) is 7.26. The first kappa shape index (κ1) is 10.2. The number of carbonyl (C=O) groups is 1. The van der Waals surface area contributed by atoms with Crippen molar-refractivity contribution >= 4 is 17.4 Å². The van der Waals surface area contributed by atoms with Crippen LogP contribution in [-0.2, 0) is 4.79 Å². The predicted molar refractivity (Wildman–Crippen MR) is 50.6 cm³/mol. The number of ketones is 1. The SMILES string of the molecule is CC(=O)CC(F)c1ccccc1Cl. The van der Waals surface area contributed by atoms with Gasteiger partial charge in [-0.2, -0.15) is 0 Å². The second kappa shape index (κ2) is 4.38. The van der Waals surface area contributed by atoms with E-state index in [0.29, 0.717) is 10.6 Å². The lowest BCUT2D eigenvalue weighted by Gasteiger charge is -2.07. The molecule has 1 nitrogen and oxygen atoms in total. The van der Waals surface area contributed by atoms with E-state index in [-0.39, 0.29) is 12.2 Å². The van der Waals surface area contributed by atoms with E-state index in [9.17, 15) is 9.18 Å². The lowest BCUT2D eigenvalue weighted by Crippen LogP contribution is -1.99. The fourth-order valence-corrected chi connectivity index (χ4v) is 1.35. The molecule has 0 aliphatic rings. The highest BCUT2D eigenvalue weighted by Crippen LogP contribution is 2.27. The molecule has 0 aromatic heterocycles. The molecule has 1 aromatic carbocycles. The molecular formula is C10H10ClFO. The maximum atomic E-state index is 13.3. The molecule has 1 aromatic rings. The first-order valence-corrected chi connectivity index (χ1v) is 4.37. The van der Waals surface area contributed by atoms with Crippen LogP contribution in [0.5, 0.6) is 0 Å². The van der Waals surface area contributed by atoms with Gasteiger partial charge in [-0.3, -0.25) is 4.79 Å². The van der Waals surface area contributed by atoms with Crippen LogP contribution in [0.3, 0.4) is 0 Å². The molecule has 0 saturated carbocycles. The van der Waals surface area contributed by atoms with E-state index in [1.54, 1.807) is 24.3 Å². The number of alkyl halides is 1. The first-order chi connectivity index (χ1) is 6.11. The normalized spacial score (nSPS) is 12.5.